The molecule has 0 saturated carbocycles. The number of rotatable bonds is 6. The van der Waals surface area contributed by atoms with Crippen molar-refractivity contribution >= 4 is 29.4 Å². The summed E-state index contributed by atoms with van der Waals surface area (Å²) in [6.07, 6.45) is 4.16. The molecule has 2 aromatic rings. The summed E-state index contributed by atoms with van der Waals surface area (Å²) in [4.78, 5) is 20.9. The number of nitro groups is 1. The first-order chi connectivity index (χ1) is 10.9. The predicted molar refractivity (Wildman–Crippen MR) is 84.2 cm³/mol. The van der Waals surface area contributed by atoms with E-state index >= 15 is 0 Å². The fourth-order valence-electron chi connectivity index (χ4n) is 1.97. The van der Waals surface area contributed by atoms with Gasteiger partial charge in [-0.2, -0.15) is 4.68 Å². The first-order valence-corrected chi connectivity index (χ1v) is 6.80. The van der Waals surface area contributed by atoms with Crippen LogP contribution in [0.1, 0.15) is 11.1 Å². The lowest BCUT2D eigenvalue weighted by molar-refractivity contribution is -0.389. The summed E-state index contributed by atoms with van der Waals surface area (Å²) in [7, 11) is 1.51. The van der Waals surface area contributed by atoms with Crippen LogP contribution >= 0.6 is 11.6 Å². The van der Waals surface area contributed by atoms with Gasteiger partial charge >= 0.3 is 5.82 Å². The molecule has 0 fully saturated rings. The molecule has 1 aromatic carbocycles. The van der Waals surface area contributed by atoms with Gasteiger partial charge < -0.3 is 20.6 Å². The van der Waals surface area contributed by atoms with Crippen LogP contribution in [-0.2, 0) is 11.3 Å². The Hall–Kier alpha value is -2.87. The molecule has 0 spiro atoms. The highest BCUT2D eigenvalue weighted by molar-refractivity contribution is 6.32. The van der Waals surface area contributed by atoms with E-state index in [1.165, 1.54) is 24.1 Å². The first-order valence-electron chi connectivity index (χ1n) is 6.42. The van der Waals surface area contributed by atoms with Crippen LogP contribution in [-0.4, -0.2) is 27.7 Å². The summed E-state index contributed by atoms with van der Waals surface area (Å²) in [6, 6.07) is 5.23. The number of amides is 1. The number of ether oxygens (including phenoxy) is 1. The van der Waals surface area contributed by atoms with Crippen molar-refractivity contribution in [2.45, 2.75) is 6.54 Å². The number of carbonyl (C=O) groups is 1. The van der Waals surface area contributed by atoms with Crippen LogP contribution < -0.4 is 10.5 Å². The summed E-state index contributed by atoms with van der Waals surface area (Å²) in [5, 5.41) is 14.6. The number of carbonyl (C=O) groups excluding carboxylic acids is 1. The highest BCUT2D eigenvalue weighted by Crippen LogP contribution is 2.25. The number of nitrogens with zero attached hydrogens (tertiary/aromatic N) is 3. The monoisotopic (exact) mass is 336 g/mol. The smallest absolute Gasteiger partial charge is 0.408 e. The van der Waals surface area contributed by atoms with E-state index < -0.39 is 16.6 Å². The lowest BCUT2D eigenvalue weighted by Crippen LogP contribution is -2.05. The Morgan fingerprint density at radius 3 is 2.87 bits per heavy atom. The zero-order chi connectivity index (χ0) is 17.0. The largest absolute Gasteiger partial charge is 0.496 e. The van der Waals surface area contributed by atoms with Crippen LogP contribution in [0.4, 0.5) is 5.82 Å². The first kappa shape index (κ1) is 16.5. The van der Waals surface area contributed by atoms with Crippen molar-refractivity contribution < 1.29 is 14.5 Å². The molecular weight excluding hydrogens is 324 g/mol. The summed E-state index contributed by atoms with van der Waals surface area (Å²) < 4.78 is 6.61. The van der Waals surface area contributed by atoms with Gasteiger partial charge in [-0.05, 0) is 28.7 Å². The molecule has 1 heterocycles. The summed E-state index contributed by atoms with van der Waals surface area (Å²) in [6.45, 7) is 0.217. The molecule has 0 aliphatic rings. The van der Waals surface area contributed by atoms with E-state index in [4.69, 9.17) is 22.1 Å². The van der Waals surface area contributed by atoms with Crippen LogP contribution in [0.2, 0.25) is 5.02 Å². The Labute approximate surface area is 136 Å². The van der Waals surface area contributed by atoms with Crippen molar-refractivity contribution in [3.8, 4) is 5.75 Å². The number of primary amides is 1. The van der Waals surface area contributed by atoms with Crippen molar-refractivity contribution in [1.82, 2.24) is 9.78 Å². The lowest BCUT2D eigenvalue weighted by Gasteiger charge is -2.08. The van der Waals surface area contributed by atoms with Gasteiger partial charge in [-0.3, -0.25) is 4.79 Å². The SMILES string of the molecule is COc1ccc(/C=C/C(N)=O)cc1Cn1cc(Cl)c([N+](=O)[O-])n1. The van der Waals surface area contributed by atoms with Crippen molar-refractivity contribution in [3.05, 3.63) is 56.7 Å². The Morgan fingerprint density at radius 2 is 2.30 bits per heavy atom. The van der Waals surface area contributed by atoms with E-state index in [0.717, 1.165) is 5.56 Å². The fourth-order valence-corrected chi connectivity index (χ4v) is 2.19. The van der Waals surface area contributed by atoms with Gasteiger partial charge in [0.15, 0.2) is 5.02 Å². The van der Waals surface area contributed by atoms with Gasteiger partial charge in [0, 0.05) is 11.6 Å². The molecule has 1 aromatic heterocycles. The van der Waals surface area contributed by atoms with Gasteiger partial charge in [0.05, 0.1) is 25.0 Å². The maximum absolute atomic E-state index is 10.8. The van der Waals surface area contributed by atoms with Crippen molar-refractivity contribution in [1.29, 1.82) is 0 Å². The topological polar surface area (TPSA) is 113 Å². The number of nitrogens with two attached hydrogens (primary N) is 1. The molecule has 8 nitrogen and oxygen atoms in total. The lowest BCUT2D eigenvalue weighted by atomic mass is 10.1. The third-order valence-electron chi connectivity index (χ3n) is 2.95. The third kappa shape index (κ3) is 4.07. The van der Waals surface area contributed by atoms with Gasteiger partial charge in [-0.1, -0.05) is 17.7 Å². The standard InChI is InChI=1S/C14H13ClN4O4/c1-23-12-4-2-9(3-5-13(16)20)6-10(12)7-18-8-11(15)14(17-18)19(21)22/h2-6,8H,7H2,1H3,(H2,16,20)/b5-3+. The number of halogens is 1. The maximum Gasteiger partial charge on any atom is 0.408 e. The number of aromatic nitrogens is 2. The van der Waals surface area contributed by atoms with Crippen LogP contribution in [0.15, 0.2) is 30.5 Å². The van der Waals surface area contributed by atoms with Crippen LogP contribution in [0.25, 0.3) is 6.08 Å². The Kier molecular flexibility index (Phi) is 4.97. The summed E-state index contributed by atoms with van der Waals surface area (Å²) in [5.74, 6) is -0.386. The molecule has 0 aliphatic heterocycles. The van der Waals surface area contributed by atoms with E-state index in [2.05, 4.69) is 5.10 Å². The second-order valence-electron chi connectivity index (χ2n) is 4.56. The molecule has 0 saturated heterocycles. The van der Waals surface area contributed by atoms with Crippen molar-refractivity contribution in [3.63, 3.8) is 0 Å². The second kappa shape index (κ2) is 6.93. The van der Waals surface area contributed by atoms with E-state index in [0.29, 0.717) is 11.3 Å². The molecule has 0 radical (unpaired) electrons. The van der Waals surface area contributed by atoms with Gasteiger partial charge in [0.2, 0.25) is 5.91 Å². The van der Waals surface area contributed by atoms with Gasteiger partial charge in [-0.15, -0.1) is 0 Å². The predicted octanol–water partition coefficient (Wildman–Crippen LogP) is 2.00. The summed E-state index contributed by atoms with van der Waals surface area (Å²) in [5.41, 5.74) is 6.51. The molecule has 9 heteroatoms. The van der Waals surface area contributed by atoms with E-state index in [1.807, 2.05) is 0 Å². The van der Waals surface area contributed by atoms with E-state index in [9.17, 15) is 14.9 Å². The Balaban J connectivity index is 2.33. The van der Waals surface area contributed by atoms with E-state index in [-0.39, 0.29) is 11.6 Å². The molecule has 0 bridgehead atoms. The van der Waals surface area contributed by atoms with Gasteiger partial charge in [0.25, 0.3) is 0 Å². The van der Waals surface area contributed by atoms with Crippen LogP contribution in [0.5, 0.6) is 5.75 Å². The molecule has 0 aliphatic carbocycles. The van der Waals surface area contributed by atoms with Crippen molar-refractivity contribution in [2.24, 2.45) is 5.73 Å². The van der Waals surface area contributed by atoms with Crippen molar-refractivity contribution in [2.75, 3.05) is 7.11 Å². The normalized spacial score (nSPS) is 10.9. The molecule has 120 valence electrons. The van der Waals surface area contributed by atoms with E-state index in [1.54, 1.807) is 24.3 Å². The van der Waals surface area contributed by atoms with Crippen LogP contribution in [0, 0.1) is 10.1 Å². The number of hydrogen-bond acceptors (Lipinski definition) is 5. The zero-order valence-electron chi connectivity index (χ0n) is 12.1. The van der Waals surface area contributed by atoms with Gasteiger partial charge in [0.1, 0.15) is 5.75 Å². The molecular formula is C14H13ClN4O4. The number of methoxy groups -OCH3 is 1. The second-order valence-corrected chi connectivity index (χ2v) is 4.97. The molecule has 0 unspecified atom stereocenters. The van der Waals surface area contributed by atoms with Gasteiger partial charge in [-0.25, -0.2) is 0 Å². The Bertz CT molecular complexity index is 785. The molecule has 0 atom stereocenters. The number of hydrogen-bond donors (Lipinski definition) is 1. The highest BCUT2D eigenvalue weighted by atomic mass is 35.5. The zero-order valence-corrected chi connectivity index (χ0v) is 12.9. The molecule has 1 amide bonds. The average Bonchev–Trinajstić information content (AvgIpc) is 2.86. The minimum atomic E-state index is -0.651. The maximum atomic E-state index is 10.8. The number of benzene rings is 1. The quantitative estimate of drug-likeness (QED) is 0.492. The molecule has 23 heavy (non-hydrogen) atoms. The fraction of sp³-hybridized carbons (Fsp3) is 0.143. The summed E-state index contributed by atoms with van der Waals surface area (Å²) >= 11 is 5.78. The molecule has 2 rings (SSSR count). The van der Waals surface area contributed by atoms with Crippen LogP contribution in [0.3, 0.4) is 0 Å². The Morgan fingerprint density at radius 1 is 1.57 bits per heavy atom. The highest BCUT2D eigenvalue weighted by Gasteiger charge is 2.19. The molecule has 2 N–H and O–H groups in total. The average molecular weight is 337 g/mol. The minimum absolute atomic E-state index is 0.0428. The minimum Gasteiger partial charge on any atom is -0.496 e. The third-order valence-corrected chi connectivity index (χ3v) is 3.22.